The Morgan fingerprint density at radius 2 is 1.90 bits per heavy atom. The van der Waals surface area contributed by atoms with Gasteiger partial charge in [0.25, 0.3) is 5.91 Å². The molecule has 1 aromatic heterocycles. The molecule has 0 radical (unpaired) electrons. The number of hydrogen-bond acceptors (Lipinski definition) is 5. The van der Waals surface area contributed by atoms with Gasteiger partial charge in [0.2, 0.25) is 11.7 Å². The topological polar surface area (TPSA) is 82.5 Å². The van der Waals surface area contributed by atoms with Crippen LogP contribution in [-0.4, -0.2) is 39.9 Å². The van der Waals surface area contributed by atoms with Crippen LogP contribution in [0.15, 0.2) is 30.6 Å². The summed E-state index contributed by atoms with van der Waals surface area (Å²) in [6.45, 7) is 5.53. The minimum absolute atomic E-state index is 0.0818. The first-order valence-corrected chi connectivity index (χ1v) is 8.43. The molecule has 0 aliphatic carbocycles. The first kappa shape index (κ1) is 22.3. The van der Waals surface area contributed by atoms with Gasteiger partial charge in [0.15, 0.2) is 5.82 Å². The molecule has 0 bridgehead atoms. The second-order valence-corrected chi connectivity index (χ2v) is 6.87. The van der Waals surface area contributed by atoms with Crippen molar-refractivity contribution >= 4 is 11.8 Å². The van der Waals surface area contributed by atoms with Crippen LogP contribution >= 0.6 is 0 Å². The van der Waals surface area contributed by atoms with Crippen LogP contribution in [0.3, 0.4) is 0 Å². The van der Waals surface area contributed by atoms with Crippen molar-refractivity contribution in [3.63, 3.8) is 0 Å². The van der Waals surface area contributed by atoms with Crippen molar-refractivity contribution in [3.8, 4) is 11.4 Å². The smallest absolute Gasteiger partial charge is 0.406 e. The molecule has 1 aromatic carbocycles. The molecule has 2 aromatic rings. The van der Waals surface area contributed by atoms with Gasteiger partial charge in [0, 0.05) is 18.5 Å². The van der Waals surface area contributed by atoms with Gasteiger partial charge in [-0.3, -0.25) is 19.5 Å². The van der Waals surface area contributed by atoms with E-state index in [2.05, 4.69) is 15.0 Å². The zero-order valence-corrected chi connectivity index (χ0v) is 15.8. The minimum Gasteiger partial charge on any atom is -0.406 e. The fraction of sp³-hybridized carbons (Fsp3) is 0.389. The lowest BCUT2D eigenvalue weighted by atomic mass is 10.2. The van der Waals surface area contributed by atoms with Crippen molar-refractivity contribution in [1.82, 2.24) is 14.9 Å². The molecule has 0 unspecified atom stereocenters. The van der Waals surface area contributed by atoms with Crippen molar-refractivity contribution in [2.24, 2.45) is 0 Å². The van der Waals surface area contributed by atoms with Crippen LogP contribution < -0.4 is 10.1 Å². The van der Waals surface area contributed by atoms with Crippen molar-refractivity contribution in [1.29, 1.82) is 0 Å². The summed E-state index contributed by atoms with van der Waals surface area (Å²) in [7, 11) is 0. The number of carbonyl (C=O) groups is 2. The number of nitrogens with zero attached hydrogens (tertiary/aromatic N) is 2. The van der Waals surface area contributed by atoms with E-state index in [9.17, 15) is 27.2 Å². The summed E-state index contributed by atoms with van der Waals surface area (Å²) in [5.41, 5.74) is -0.689. The predicted molar refractivity (Wildman–Crippen MR) is 93.0 cm³/mol. The van der Waals surface area contributed by atoms with Crippen molar-refractivity contribution in [2.75, 3.05) is 6.61 Å². The Labute approximate surface area is 163 Å². The maximum atomic E-state index is 14.3. The van der Waals surface area contributed by atoms with Gasteiger partial charge >= 0.3 is 6.36 Å². The lowest BCUT2D eigenvalue weighted by molar-refractivity contribution is -0.274. The van der Waals surface area contributed by atoms with E-state index < -0.39 is 35.3 Å². The van der Waals surface area contributed by atoms with E-state index in [4.69, 9.17) is 4.74 Å². The number of carbonyl (C=O) groups excluding carboxylic acids is 2. The molecule has 0 atom stereocenters. The molecule has 0 saturated heterocycles. The summed E-state index contributed by atoms with van der Waals surface area (Å²) in [5, 5.41) is 2.10. The summed E-state index contributed by atoms with van der Waals surface area (Å²) in [4.78, 5) is 27.9. The van der Waals surface area contributed by atoms with Gasteiger partial charge in [-0.05, 0) is 32.9 Å². The fourth-order valence-electron chi connectivity index (χ4n) is 2.24. The third-order valence-electron chi connectivity index (χ3n) is 3.37. The summed E-state index contributed by atoms with van der Waals surface area (Å²) >= 11 is 0. The van der Waals surface area contributed by atoms with Crippen molar-refractivity contribution < 1.29 is 36.6 Å². The fourth-order valence-corrected chi connectivity index (χ4v) is 2.24. The van der Waals surface area contributed by atoms with E-state index >= 15 is 0 Å². The van der Waals surface area contributed by atoms with E-state index in [1.54, 1.807) is 0 Å². The average Bonchev–Trinajstić information content (AvgIpc) is 3.01. The number of hydrogen-bond donors (Lipinski definition) is 1. The molecule has 2 amide bonds. The highest BCUT2D eigenvalue weighted by Gasteiger charge is 2.31. The Morgan fingerprint density at radius 3 is 2.48 bits per heavy atom. The van der Waals surface area contributed by atoms with Crippen LogP contribution in [0.5, 0.6) is 5.75 Å². The molecule has 7 nitrogen and oxygen atoms in total. The Bertz CT molecular complexity index is 888. The summed E-state index contributed by atoms with van der Waals surface area (Å²) in [6.07, 6.45) is -2.64. The van der Waals surface area contributed by atoms with Crippen LogP contribution in [0, 0.1) is 5.82 Å². The first-order valence-electron chi connectivity index (χ1n) is 8.43. The van der Waals surface area contributed by atoms with Crippen LogP contribution in [0.4, 0.5) is 17.6 Å². The highest BCUT2D eigenvalue weighted by atomic mass is 19.4. The van der Waals surface area contributed by atoms with Crippen molar-refractivity contribution in [2.45, 2.75) is 39.2 Å². The number of benzene rings is 1. The lowest BCUT2D eigenvalue weighted by Gasteiger charge is -2.19. The second-order valence-electron chi connectivity index (χ2n) is 6.87. The molecule has 11 heteroatoms. The molecule has 0 spiro atoms. The van der Waals surface area contributed by atoms with Gasteiger partial charge in [-0.1, -0.05) is 0 Å². The Morgan fingerprint density at radius 1 is 1.21 bits per heavy atom. The third-order valence-corrected chi connectivity index (χ3v) is 3.37. The number of nitrogens with one attached hydrogen (secondary N) is 1. The minimum atomic E-state index is -4.97. The number of amides is 2. The third kappa shape index (κ3) is 6.86. The Balaban J connectivity index is 2.10. The van der Waals surface area contributed by atoms with Crippen LogP contribution in [0.25, 0.3) is 5.69 Å². The van der Waals surface area contributed by atoms with E-state index in [0.717, 1.165) is 16.7 Å². The van der Waals surface area contributed by atoms with Gasteiger partial charge < -0.3 is 9.47 Å². The van der Waals surface area contributed by atoms with Gasteiger partial charge in [-0.15, -0.1) is 13.2 Å². The molecule has 1 N–H and O–H groups in total. The Kier molecular flexibility index (Phi) is 6.62. The SMILES string of the molecule is CC(C)(C)OCCC(=O)NC(=O)c1nccn1-c1ccc(OC(F)(F)F)cc1F. The Hall–Kier alpha value is -2.95. The summed E-state index contributed by atoms with van der Waals surface area (Å²) < 4.78 is 61.0. The van der Waals surface area contributed by atoms with Gasteiger partial charge in [-0.2, -0.15) is 0 Å². The molecular weight excluding hydrogens is 398 g/mol. The quantitative estimate of drug-likeness (QED) is 0.729. The van der Waals surface area contributed by atoms with E-state index in [1.165, 1.54) is 12.4 Å². The molecule has 158 valence electrons. The van der Waals surface area contributed by atoms with Crippen molar-refractivity contribution in [3.05, 3.63) is 42.2 Å². The normalized spacial score (nSPS) is 12.0. The number of rotatable bonds is 6. The zero-order valence-electron chi connectivity index (χ0n) is 15.8. The van der Waals surface area contributed by atoms with E-state index in [-0.39, 0.29) is 24.5 Å². The van der Waals surface area contributed by atoms with E-state index in [0.29, 0.717) is 6.07 Å². The molecule has 0 saturated carbocycles. The zero-order chi connectivity index (χ0) is 21.8. The number of halogens is 4. The predicted octanol–water partition coefficient (Wildman–Crippen LogP) is 3.37. The van der Waals surface area contributed by atoms with Gasteiger partial charge in [0.1, 0.15) is 5.75 Å². The van der Waals surface area contributed by atoms with Crippen LogP contribution in [0.2, 0.25) is 0 Å². The highest BCUT2D eigenvalue weighted by molar-refractivity contribution is 6.03. The molecule has 0 fully saturated rings. The highest BCUT2D eigenvalue weighted by Crippen LogP contribution is 2.26. The molecule has 2 rings (SSSR count). The molecule has 0 aliphatic rings. The standard InChI is InChI=1S/C18H19F4N3O4/c1-17(2,3)28-9-6-14(26)24-16(27)15-23-7-8-25(15)13-5-4-11(10-12(13)19)29-18(20,21)22/h4-5,7-8,10H,6,9H2,1-3H3,(H,24,26,27). The maximum absolute atomic E-state index is 14.3. The number of imidazole rings is 1. The lowest BCUT2D eigenvalue weighted by Crippen LogP contribution is -2.33. The van der Waals surface area contributed by atoms with Gasteiger partial charge in [-0.25, -0.2) is 9.37 Å². The summed E-state index contributed by atoms with van der Waals surface area (Å²) in [6, 6.07) is 2.41. The van der Waals surface area contributed by atoms with Crippen LogP contribution in [-0.2, 0) is 9.53 Å². The monoisotopic (exact) mass is 417 g/mol. The summed E-state index contributed by atoms with van der Waals surface area (Å²) in [5.74, 6) is -3.67. The molecular formula is C18H19F4N3O4. The van der Waals surface area contributed by atoms with Crippen LogP contribution in [0.1, 0.15) is 37.8 Å². The number of imide groups is 1. The first-order chi connectivity index (χ1) is 13.4. The number of aromatic nitrogens is 2. The number of ether oxygens (including phenoxy) is 2. The average molecular weight is 417 g/mol. The number of alkyl halides is 3. The molecule has 1 heterocycles. The second kappa shape index (κ2) is 8.60. The molecule has 29 heavy (non-hydrogen) atoms. The largest absolute Gasteiger partial charge is 0.573 e. The van der Waals surface area contributed by atoms with Gasteiger partial charge in [0.05, 0.1) is 24.3 Å². The van der Waals surface area contributed by atoms with E-state index in [1.807, 2.05) is 20.8 Å². The maximum Gasteiger partial charge on any atom is 0.573 e. The molecule has 0 aliphatic heterocycles.